The molecule has 1 rings (SSSR count). The first kappa shape index (κ1) is 11.8. The molecule has 0 aliphatic carbocycles. The average molecular weight is 184 g/mol. The van der Waals surface area contributed by atoms with Gasteiger partial charge < -0.3 is 14.9 Å². The highest BCUT2D eigenvalue weighted by Crippen LogP contribution is 2.27. The molecule has 0 fully saturated rings. The van der Waals surface area contributed by atoms with Crippen molar-refractivity contribution in [2.24, 2.45) is 0 Å². The minimum absolute atomic E-state index is 0. The minimum Gasteiger partial charge on any atom is -0.493 e. The Bertz CT molecular complexity index is 258. The molecule has 3 heteroatoms. The monoisotopic (exact) mass is 184 g/mol. The van der Waals surface area contributed by atoms with Crippen LogP contribution in [0.15, 0.2) is 18.2 Å². The zero-order chi connectivity index (χ0) is 8.97. The van der Waals surface area contributed by atoms with Crippen molar-refractivity contribution in [1.82, 2.24) is 0 Å². The molecule has 0 aromatic heterocycles. The highest BCUT2D eigenvalue weighted by molar-refractivity contribution is 5.42. The smallest absolute Gasteiger partial charge is 0.160 e. The van der Waals surface area contributed by atoms with Crippen molar-refractivity contribution >= 4 is 0 Å². The van der Waals surface area contributed by atoms with Gasteiger partial charge in [0, 0.05) is 0 Å². The van der Waals surface area contributed by atoms with E-state index in [9.17, 15) is 0 Å². The Kier molecular flexibility index (Phi) is 4.92. The molecule has 0 radical (unpaired) electrons. The van der Waals surface area contributed by atoms with Gasteiger partial charge in [-0.05, 0) is 24.1 Å². The third-order valence-corrected chi connectivity index (χ3v) is 1.86. The van der Waals surface area contributed by atoms with Gasteiger partial charge in [0.15, 0.2) is 11.5 Å². The lowest BCUT2D eigenvalue weighted by molar-refractivity contribution is 0.354. The summed E-state index contributed by atoms with van der Waals surface area (Å²) in [5.41, 5.74) is 1.26. The van der Waals surface area contributed by atoms with E-state index in [1.807, 2.05) is 18.2 Å². The molecule has 0 saturated carbocycles. The molecule has 0 bridgehead atoms. The molecule has 0 aliphatic rings. The molecule has 2 N–H and O–H groups in total. The third-order valence-electron chi connectivity index (χ3n) is 1.86. The van der Waals surface area contributed by atoms with Crippen LogP contribution in [0.25, 0.3) is 0 Å². The number of methoxy groups -OCH3 is 2. The van der Waals surface area contributed by atoms with E-state index >= 15 is 0 Å². The molecule has 74 valence electrons. The fourth-order valence-electron chi connectivity index (χ4n) is 1.10. The van der Waals surface area contributed by atoms with Gasteiger partial charge >= 0.3 is 0 Å². The van der Waals surface area contributed by atoms with Crippen molar-refractivity contribution in [2.45, 2.75) is 13.3 Å². The fourth-order valence-corrected chi connectivity index (χ4v) is 1.10. The molecule has 0 spiro atoms. The predicted octanol–water partition coefficient (Wildman–Crippen LogP) is 1.44. The molecular weight excluding hydrogens is 168 g/mol. The summed E-state index contributed by atoms with van der Waals surface area (Å²) in [6.07, 6.45) is 1.01. The molecule has 0 saturated heterocycles. The maximum absolute atomic E-state index is 5.15. The van der Waals surface area contributed by atoms with Crippen molar-refractivity contribution in [3.8, 4) is 11.5 Å². The van der Waals surface area contributed by atoms with Crippen molar-refractivity contribution in [3.63, 3.8) is 0 Å². The lowest BCUT2D eigenvalue weighted by atomic mass is 10.1. The van der Waals surface area contributed by atoms with Crippen LogP contribution in [-0.2, 0) is 6.42 Å². The third kappa shape index (κ3) is 2.63. The molecule has 0 amide bonds. The van der Waals surface area contributed by atoms with Gasteiger partial charge in [-0.3, -0.25) is 0 Å². The Morgan fingerprint density at radius 2 is 1.69 bits per heavy atom. The van der Waals surface area contributed by atoms with E-state index in [0.717, 1.165) is 17.9 Å². The van der Waals surface area contributed by atoms with Gasteiger partial charge in [-0.25, -0.2) is 0 Å². The normalized spacial score (nSPS) is 8.85. The highest BCUT2D eigenvalue weighted by Gasteiger charge is 2.02. The summed E-state index contributed by atoms with van der Waals surface area (Å²) in [6.45, 7) is 2.11. The van der Waals surface area contributed by atoms with Crippen LogP contribution < -0.4 is 9.47 Å². The quantitative estimate of drug-likeness (QED) is 0.713. The number of ether oxygens (including phenoxy) is 2. The number of hydrogen-bond donors (Lipinski definition) is 0. The Labute approximate surface area is 78.6 Å². The second-order valence-corrected chi connectivity index (χ2v) is 2.54. The summed E-state index contributed by atoms with van der Waals surface area (Å²) in [5.74, 6) is 1.59. The highest BCUT2D eigenvalue weighted by atomic mass is 16.5. The lowest BCUT2D eigenvalue weighted by Crippen LogP contribution is -1.91. The Balaban J connectivity index is 0.00000144. The molecule has 0 heterocycles. The molecule has 0 unspecified atom stereocenters. The Morgan fingerprint density at radius 1 is 1.08 bits per heavy atom. The molecular formula is C10H16O3. The van der Waals surface area contributed by atoms with Gasteiger partial charge in [-0.1, -0.05) is 13.0 Å². The van der Waals surface area contributed by atoms with Crippen LogP contribution >= 0.6 is 0 Å². The Hall–Kier alpha value is -1.22. The summed E-state index contributed by atoms with van der Waals surface area (Å²) < 4.78 is 10.3. The van der Waals surface area contributed by atoms with E-state index < -0.39 is 0 Å². The van der Waals surface area contributed by atoms with E-state index in [4.69, 9.17) is 9.47 Å². The molecule has 13 heavy (non-hydrogen) atoms. The zero-order valence-electron chi connectivity index (χ0n) is 8.26. The van der Waals surface area contributed by atoms with Crippen LogP contribution in [-0.4, -0.2) is 19.7 Å². The first-order valence-electron chi connectivity index (χ1n) is 4.02. The fraction of sp³-hybridized carbons (Fsp3) is 0.400. The Morgan fingerprint density at radius 3 is 2.15 bits per heavy atom. The maximum atomic E-state index is 5.15. The molecule has 3 nitrogen and oxygen atoms in total. The largest absolute Gasteiger partial charge is 0.493 e. The second kappa shape index (κ2) is 5.43. The van der Waals surface area contributed by atoms with Crippen molar-refractivity contribution < 1.29 is 14.9 Å². The summed E-state index contributed by atoms with van der Waals surface area (Å²) >= 11 is 0. The van der Waals surface area contributed by atoms with Crippen LogP contribution in [0.5, 0.6) is 11.5 Å². The van der Waals surface area contributed by atoms with E-state index in [1.54, 1.807) is 14.2 Å². The minimum atomic E-state index is 0. The van der Waals surface area contributed by atoms with E-state index in [0.29, 0.717) is 0 Å². The van der Waals surface area contributed by atoms with Gasteiger partial charge in [0.1, 0.15) is 0 Å². The van der Waals surface area contributed by atoms with Gasteiger partial charge in [0.2, 0.25) is 0 Å². The first-order chi connectivity index (χ1) is 5.81. The lowest BCUT2D eigenvalue weighted by Gasteiger charge is -2.07. The molecule has 1 aromatic rings. The van der Waals surface area contributed by atoms with E-state index in [-0.39, 0.29) is 5.48 Å². The van der Waals surface area contributed by atoms with Crippen LogP contribution in [0.2, 0.25) is 0 Å². The molecule has 1 aromatic carbocycles. The average Bonchev–Trinajstić information content (AvgIpc) is 2.16. The standard InChI is InChI=1S/C10H14O2.H2O/c1-4-8-5-6-9(11-2)10(7-8)12-3;/h5-7H,4H2,1-3H3;1H2. The van der Waals surface area contributed by atoms with Crippen LogP contribution in [0.1, 0.15) is 12.5 Å². The van der Waals surface area contributed by atoms with Gasteiger partial charge in [-0.15, -0.1) is 0 Å². The number of aryl methyl sites for hydroxylation is 1. The molecule has 0 aliphatic heterocycles. The topological polar surface area (TPSA) is 50.0 Å². The van der Waals surface area contributed by atoms with Gasteiger partial charge in [0.25, 0.3) is 0 Å². The van der Waals surface area contributed by atoms with Crippen molar-refractivity contribution in [3.05, 3.63) is 23.8 Å². The summed E-state index contributed by atoms with van der Waals surface area (Å²) in [7, 11) is 3.29. The van der Waals surface area contributed by atoms with E-state index in [2.05, 4.69) is 6.92 Å². The summed E-state index contributed by atoms with van der Waals surface area (Å²) in [5, 5.41) is 0. The van der Waals surface area contributed by atoms with Crippen molar-refractivity contribution in [2.75, 3.05) is 14.2 Å². The maximum Gasteiger partial charge on any atom is 0.160 e. The number of benzene rings is 1. The first-order valence-corrected chi connectivity index (χ1v) is 4.02. The molecule has 0 atom stereocenters. The van der Waals surface area contributed by atoms with Crippen LogP contribution in [0.3, 0.4) is 0 Å². The van der Waals surface area contributed by atoms with Crippen LogP contribution in [0.4, 0.5) is 0 Å². The summed E-state index contributed by atoms with van der Waals surface area (Å²) in [6, 6.07) is 5.97. The zero-order valence-corrected chi connectivity index (χ0v) is 8.26. The predicted molar refractivity (Wildman–Crippen MR) is 52.5 cm³/mol. The van der Waals surface area contributed by atoms with Crippen LogP contribution in [0, 0.1) is 0 Å². The van der Waals surface area contributed by atoms with E-state index in [1.165, 1.54) is 5.56 Å². The number of hydrogen-bond acceptors (Lipinski definition) is 2. The number of rotatable bonds is 3. The van der Waals surface area contributed by atoms with Gasteiger partial charge in [0.05, 0.1) is 14.2 Å². The second-order valence-electron chi connectivity index (χ2n) is 2.54. The SMILES string of the molecule is CCc1ccc(OC)c(OC)c1.O. The van der Waals surface area contributed by atoms with Gasteiger partial charge in [-0.2, -0.15) is 0 Å². The van der Waals surface area contributed by atoms with Crippen molar-refractivity contribution in [1.29, 1.82) is 0 Å². The summed E-state index contributed by atoms with van der Waals surface area (Å²) in [4.78, 5) is 0.